The minimum absolute atomic E-state index is 0.408. The predicted octanol–water partition coefficient (Wildman–Crippen LogP) is 4.26. The first kappa shape index (κ1) is 14.0. The third kappa shape index (κ3) is 5.64. The maximum atomic E-state index is 5.62. The summed E-state index contributed by atoms with van der Waals surface area (Å²) in [5, 5.41) is 0. The number of rotatable bonds is 4. The number of ether oxygens (including phenoxy) is 1. The molecule has 1 heteroatoms. The fourth-order valence-corrected chi connectivity index (χ4v) is 2.03. The molecule has 1 fully saturated rings. The summed E-state index contributed by atoms with van der Waals surface area (Å²) < 4.78 is 5.62. The lowest BCUT2D eigenvalue weighted by molar-refractivity contribution is 0.0517. The minimum Gasteiger partial charge on any atom is -0.379 e. The van der Waals surface area contributed by atoms with Crippen molar-refractivity contribution in [3.63, 3.8) is 0 Å². The van der Waals surface area contributed by atoms with Gasteiger partial charge in [0.15, 0.2) is 0 Å². The molecule has 0 heterocycles. The van der Waals surface area contributed by atoms with E-state index in [2.05, 4.69) is 20.8 Å². The molecular formula is C13H28O. The number of hydrogen-bond acceptors (Lipinski definition) is 1. The van der Waals surface area contributed by atoms with Gasteiger partial charge in [-0.2, -0.15) is 0 Å². The van der Waals surface area contributed by atoms with Crippen LogP contribution in [0.3, 0.4) is 0 Å². The summed E-state index contributed by atoms with van der Waals surface area (Å²) in [6, 6.07) is 0. The Morgan fingerprint density at radius 2 is 1.71 bits per heavy atom. The van der Waals surface area contributed by atoms with E-state index in [1.54, 1.807) is 0 Å². The van der Waals surface area contributed by atoms with Gasteiger partial charge in [-0.3, -0.25) is 0 Å². The van der Waals surface area contributed by atoms with Crippen LogP contribution >= 0.6 is 0 Å². The van der Waals surface area contributed by atoms with Crippen LogP contribution < -0.4 is 0 Å². The summed E-state index contributed by atoms with van der Waals surface area (Å²) >= 11 is 0. The van der Waals surface area contributed by atoms with E-state index in [1.165, 1.54) is 25.7 Å². The molecule has 0 N–H and O–H groups in total. The molecule has 0 aromatic rings. The van der Waals surface area contributed by atoms with Gasteiger partial charge in [0.2, 0.25) is 0 Å². The molecule has 1 aliphatic rings. The number of hydrogen-bond donors (Lipinski definition) is 0. The van der Waals surface area contributed by atoms with Gasteiger partial charge in [-0.1, -0.05) is 33.6 Å². The normalized spacial score (nSPS) is 26.1. The van der Waals surface area contributed by atoms with E-state index in [0.29, 0.717) is 6.10 Å². The van der Waals surface area contributed by atoms with Crippen molar-refractivity contribution < 1.29 is 4.74 Å². The highest BCUT2D eigenvalue weighted by molar-refractivity contribution is 4.74. The van der Waals surface area contributed by atoms with Gasteiger partial charge in [-0.25, -0.2) is 0 Å². The van der Waals surface area contributed by atoms with E-state index in [4.69, 9.17) is 4.74 Å². The van der Waals surface area contributed by atoms with Gasteiger partial charge in [0, 0.05) is 6.61 Å². The largest absolute Gasteiger partial charge is 0.379 e. The molecule has 2 unspecified atom stereocenters. The highest BCUT2D eigenvalue weighted by Gasteiger charge is 2.23. The van der Waals surface area contributed by atoms with E-state index in [0.717, 1.165) is 18.4 Å². The van der Waals surface area contributed by atoms with Gasteiger partial charge in [-0.05, 0) is 38.5 Å². The van der Waals surface area contributed by atoms with Crippen molar-refractivity contribution in [3.8, 4) is 0 Å². The minimum atomic E-state index is 0.408. The first-order valence-electron chi connectivity index (χ1n) is 6.34. The smallest absolute Gasteiger partial charge is 0.0519 e. The van der Waals surface area contributed by atoms with Crippen LogP contribution in [0.2, 0.25) is 0 Å². The van der Waals surface area contributed by atoms with Crippen molar-refractivity contribution in [3.05, 3.63) is 0 Å². The van der Waals surface area contributed by atoms with Crippen LogP contribution in [0.5, 0.6) is 0 Å². The van der Waals surface area contributed by atoms with Crippen molar-refractivity contribution >= 4 is 0 Å². The Bertz CT molecular complexity index is 120. The van der Waals surface area contributed by atoms with Gasteiger partial charge in [0.05, 0.1) is 6.10 Å². The second-order valence-electron chi connectivity index (χ2n) is 4.34. The van der Waals surface area contributed by atoms with Crippen molar-refractivity contribution in [1.82, 2.24) is 0 Å². The third-order valence-corrected chi connectivity index (χ3v) is 2.89. The summed E-state index contributed by atoms with van der Waals surface area (Å²) in [5.74, 6) is 1.85. The second-order valence-corrected chi connectivity index (χ2v) is 4.34. The van der Waals surface area contributed by atoms with Gasteiger partial charge >= 0.3 is 0 Å². The topological polar surface area (TPSA) is 9.23 Å². The zero-order valence-electron chi connectivity index (χ0n) is 10.7. The highest BCUT2D eigenvalue weighted by atomic mass is 16.5. The zero-order valence-corrected chi connectivity index (χ0v) is 10.7. The molecule has 0 aliphatic heterocycles. The van der Waals surface area contributed by atoms with Gasteiger partial charge in [0.25, 0.3) is 0 Å². The van der Waals surface area contributed by atoms with E-state index < -0.39 is 0 Å². The highest BCUT2D eigenvalue weighted by Crippen LogP contribution is 2.32. The quantitative estimate of drug-likeness (QED) is 0.658. The van der Waals surface area contributed by atoms with Gasteiger partial charge in [-0.15, -0.1) is 0 Å². The summed E-state index contributed by atoms with van der Waals surface area (Å²) in [6.07, 6.45) is 6.00. The van der Waals surface area contributed by atoms with Crippen LogP contribution in [0.25, 0.3) is 0 Å². The first-order valence-corrected chi connectivity index (χ1v) is 6.34. The molecule has 1 rings (SSSR count). The van der Waals surface area contributed by atoms with Crippen LogP contribution in [-0.4, -0.2) is 12.7 Å². The molecule has 0 saturated heterocycles. The Balaban J connectivity index is 0.000000791. The van der Waals surface area contributed by atoms with Crippen molar-refractivity contribution in [1.29, 1.82) is 0 Å². The average molecular weight is 200 g/mol. The molecule has 2 atom stereocenters. The molecule has 1 nitrogen and oxygen atoms in total. The van der Waals surface area contributed by atoms with Crippen LogP contribution in [-0.2, 0) is 4.74 Å². The molecular weight excluding hydrogens is 172 g/mol. The molecule has 86 valence electrons. The summed E-state index contributed by atoms with van der Waals surface area (Å²) in [4.78, 5) is 0. The van der Waals surface area contributed by atoms with Gasteiger partial charge < -0.3 is 4.74 Å². The monoisotopic (exact) mass is 200 g/mol. The first-order chi connectivity index (χ1) is 6.72. The molecule has 14 heavy (non-hydrogen) atoms. The Hall–Kier alpha value is -0.0400. The van der Waals surface area contributed by atoms with Crippen LogP contribution in [0.15, 0.2) is 0 Å². The molecule has 0 amide bonds. The third-order valence-electron chi connectivity index (χ3n) is 2.89. The van der Waals surface area contributed by atoms with Crippen LogP contribution in [0.1, 0.15) is 60.3 Å². The van der Waals surface area contributed by atoms with E-state index in [-0.39, 0.29) is 0 Å². The van der Waals surface area contributed by atoms with E-state index in [9.17, 15) is 0 Å². The fourth-order valence-electron chi connectivity index (χ4n) is 2.03. The maximum absolute atomic E-state index is 5.62. The average Bonchev–Trinajstić information content (AvgIpc) is 2.65. The Labute approximate surface area is 90.2 Å². The van der Waals surface area contributed by atoms with Crippen molar-refractivity contribution in [2.24, 2.45) is 11.8 Å². The standard InChI is InChI=1S/C11H22O.C2H6/c1-4-10-5-6-11(7-10)8-12-9(2)3;1-2/h9-11H,4-8H2,1-3H3;1-2H3. The van der Waals surface area contributed by atoms with Crippen molar-refractivity contribution in [2.45, 2.75) is 66.4 Å². The molecule has 0 spiro atoms. The molecule has 1 saturated carbocycles. The van der Waals surface area contributed by atoms with Crippen molar-refractivity contribution in [2.75, 3.05) is 6.61 Å². The van der Waals surface area contributed by atoms with E-state index in [1.807, 2.05) is 13.8 Å². The lowest BCUT2D eigenvalue weighted by Crippen LogP contribution is -2.11. The van der Waals surface area contributed by atoms with Crippen LogP contribution in [0.4, 0.5) is 0 Å². The molecule has 1 aliphatic carbocycles. The van der Waals surface area contributed by atoms with E-state index >= 15 is 0 Å². The Kier molecular flexibility index (Phi) is 8.26. The second kappa shape index (κ2) is 8.28. The fraction of sp³-hybridized carbons (Fsp3) is 1.00. The molecule has 0 aromatic heterocycles. The van der Waals surface area contributed by atoms with Crippen LogP contribution in [0, 0.1) is 11.8 Å². The summed E-state index contributed by atoms with van der Waals surface area (Å²) in [5.41, 5.74) is 0. The Morgan fingerprint density at radius 1 is 1.14 bits per heavy atom. The molecule has 0 radical (unpaired) electrons. The van der Waals surface area contributed by atoms with Gasteiger partial charge in [0.1, 0.15) is 0 Å². The lowest BCUT2D eigenvalue weighted by atomic mass is 10.0. The maximum Gasteiger partial charge on any atom is 0.0519 e. The predicted molar refractivity (Wildman–Crippen MR) is 63.6 cm³/mol. The zero-order chi connectivity index (χ0) is 11.0. The summed E-state index contributed by atoms with van der Waals surface area (Å²) in [6.45, 7) is 11.5. The summed E-state index contributed by atoms with van der Waals surface area (Å²) in [7, 11) is 0. The molecule has 0 bridgehead atoms. The Morgan fingerprint density at radius 3 is 2.14 bits per heavy atom. The lowest BCUT2D eigenvalue weighted by Gasteiger charge is -2.13. The molecule has 0 aromatic carbocycles. The SMILES string of the molecule is CC.CCC1CCC(COC(C)C)C1.